The molecule has 8 heteroatoms. The number of alkyl halides is 3. The molecule has 3 aliphatic carbocycles. The van der Waals surface area contributed by atoms with Gasteiger partial charge in [-0.1, -0.05) is 19.3 Å². The predicted molar refractivity (Wildman–Crippen MR) is 119 cm³/mol. The van der Waals surface area contributed by atoms with Crippen molar-refractivity contribution in [2.24, 2.45) is 16.7 Å². The molecule has 1 aliphatic heterocycles. The van der Waals surface area contributed by atoms with Crippen molar-refractivity contribution in [3.63, 3.8) is 0 Å². The summed E-state index contributed by atoms with van der Waals surface area (Å²) in [6.07, 6.45) is 8.95. The van der Waals surface area contributed by atoms with E-state index in [1.807, 2.05) is 0 Å². The van der Waals surface area contributed by atoms with Crippen molar-refractivity contribution < 1.29 is 18.0 Å². The smallest absolute Gasteiger partial charge is 0.368 e. The number of fused-ring (bicyclic) bond motifs is 1. The van der Waals surface area contributed by atoms with E-state index in [1.165, 1.54) is 50.6 Å². The molecule has 1 aromatic heterocycles. The molecule has 0 radical (unpaired) electrons. The molecule has 176 valence electrons. The lowest BCUT2D eigenvalue weighted by Gasteiger charge is -2.50. The lowest BCUT2D eigenvalue weighted by Crippen LogP contribution is -2.53. The maximum atomic E-state index is 13.5. The number of anilines is 1. The molecule has 0 bridgehead atoms. The summed E-state index contributed by atoms with van der Waals surface area (Å²) >= 11 is 0. The second-order valence-corrected chi connectivity index (χ2v) is 10.9. The van der Waals surface area contributed by atoms with Crippen LogP contribution in [-0.2, 0) is 11.0 Å². The number of benzene rings is 1. The monoisotopic (exact) mass is 458 g/mol. The number of halogens is 3. The number of rotatable bonds is 3. The maximum absolute atomic E-state index is 13.5. The molecule has 1 saturated heterocycles. The largest absolute Gasteiger partial charge is 0.418 e. The quantitative estimate of drug-likeness (QED) is 0.696. The van der Waals surface area contributed by atoms with Gasteiger partial charge >= 0.3 is 6.18 Å². The molecule has 1 amide bonds. The molecule has 1 aromatic carbocycles. The summed E-state index contributed by atoms with van der Waals surface area (Å²) in [5.74, 6) is -0.0117. The van der Waals surface area contributed by atoms with Crippen molar-refractivity contribution in [3.8, 4) is 0 Å². The lowest BCUT2D eigenvalue weighted by molar-refractivity contribution is -0.136. The number of nitrogens with zero attached hydrogens (tertiary/aromatic N) is 3. The number of aromatic nitrogens is 2. The first kappa shape index (κ1) is 21.2. The summed E-state index contributed by atoms with van der Waals surface area (Å²) in [6, 6.07) is 2.87. The van der Waals surface area contributed by atoms with Crippen LogP contribution < -0.4 is 10.2 Å². The summed E-state index contributed by atoms with van der Waals surface area (Å²) < 4.78 is 40.5. The summed E-state index contributed by atoms with van der Waals surface area (Å²) in [4.78, 5) is 23.6. The molecule has 1 N–H and O–H groups in total. The van der Waals surface area contributed by atoms with Crippen LogP contribution in [0.2, 0.25) is 0 Å². The minimum atomic E-state index is -4.49. The van der Waals surface area contributed by atoms with Gasteiger partial charge in [-0.3, -0.25) is 14.8 Å². The molecule has 4 fully saturated rings. The van der Waals surface area contributed by atoms with Crippen LogP contribution in [0.1, 0.15) is 63.4 Å². The summed E-state index contributed by atoms with van der Waals surface area (Å²) in [5, 5.41) is 3.32. The highest BCUT2D eigenvalue weighted by Crippen LogP contribution is 2.58. The first-order chi connectivity index (χ1) is 15.8. The van der Waals surface area contributed by atoms with Crippen LogP contribution in [0.25, 0.3) is 11.0 Å². The van der Waals surface area contributed by atoms with Gasteiger partial charge in [0.2, 0.25) is 5.91 Å². The van der Waals surface area contributed by atoms with Gasteiger partial charge in [0.05, 0.1) is 17.2 Å². The Hall–Kier alpha value is -2.38. The molecule has 5 nitrogen and oxygen atoms in total. The first-order valence-electron chi connectivity index (χ1n) is 12.2. The Balaban J connectivity index is 1.20. The van der Waals surface area contributed by atoms with Gasteiger partial charge in [0.1, 0.15) is 11.0 Å². The molecule has 6 rings (SSSR count). The van der Waals surface area contributed by atoms with Crippen molar-refractivity contribution in [2.75, 3.05) is 18.0 Å². The maximum Gasteiger partial charge on any atom is 0.418 e. The fourth-order valence-electron chi connectivity index (χ4n) is 6.81. The molecule has 33 heavy (non-hydrogen) atoms. The van der Waals surface area contributed by atoms with Crippen molar-refractivity contribution in [3.05, 3.63) is 30.1 Å². The minimum absolute atomic E-state index is 0.0619. The topological polar surface area (TPSA) is 58.1 Å². The normalized spacial score (nSPS) is 26.0. The van der Waals surface area contributed by atoms with Gasteiger partial charge in [0, 0.05) is 36.9 Å². The third-order valence-electron chi connectivity index (χ3n) is 8.73. The van der Waals surface area contributed by atoms with Gasteiger partial charge in [-0.25, -0.2) is 0 Å². The summed E-state index contributed by atoms with van der Waals surface area (Å²) in [7, 11) is 0. The average Bonchev–Trinajstić information content (AvgIpc) is 3.44. The second-order valence-electron chi connectivity index (χ2n) is 10.9. The molecule has 4 aliphatic rings. The Morgan fingerprint density at radius 1 is 1.00 bits per heavy atom. The van der Waals surface area contributed by atoms with E-state index in [4.69, 9.17) is 0 Å². The Kier molecular flexibility index (Phi) is 4.69. The van der Waals surface area contributed by atoms with Gasteiger partial charge in [-0.05, 0) is 56.1 Å². The van der Waals surface area contributed by atoms with Crippen LogP contribution >= 0.6 is 0 Å². The van der Waals surface area contributed by atoms with E-state index >= 15 is 0 Å². The van der Waals surface area contributed by atoms with Gasteiger partial charge in [0.25, 0.3) is 0 Å². The zero-order valence-electron chi connectivity index (χ0n) is 18.6. The molecule has 2 spiro atoms. The number of carbonyl (C=O) groups excluding carboxylic acids is 1. The standard InChI is InChI=1S/C25H29F3N4O/c26-25(27,28)17-4-5-19(21-20(17)29-10-11-30-21)32-14-18(24(15-32)8-9-24)22(33)31-16-12-23(13-16)6-2-1-3-7-23/h4-5,10-11,16,18H,1-3,6-9,12-15H2,(H,31,33). The number of nitrogens with one attached hydrogen (secondary N) is 1. The fourth-order valence-corrected chi connectivity index (χ4v) is 6.81. The van der Waals surface area contributed by atoms with E-state index in [1.54, 1.807) is 0 Å². The third-order valence-corrected chi connectivity index (χ3v) is 8.73. The zero-order chi connectivity index (χ0) is 22.8. The summed E-state index contributed by atoms with van der Waals surface area (Å²) in [6.45, 7) is 1.19. The zero-order valence-corrected chi connectivity index (χ0v) is 18.6. The minimum Gasteiger partial charge on any atom is -0.368 e. The highest BCUT2D eigenvalue weighted by molar-refractivity contribution is 5.92. The Morgan fingerprint density at radius 2 is 1.70 bits per heavy atom. The van der Waals surface area contributed by atoms with Crippen molar-refractivity contribution in [2.45, 2.75) is 70.0 Å². The third kappa shape index (κ3) is 3.56. The van der Waals surface area contributed by atoms with E-state index < -0.39 is 11.7 Å². The van der Waals surface area contributed by atoms with Crippen molar-refractivity contribution >= 4 is 22.6 Å². The molecule has 3 saturated carbocycles. The van der Waals surface area contributed by atoms with Crippen LogP contribution in [0.4, 0.5) is 18.9 Å². The number of hydrogen-bond acceptors (Lipinski definition) is 4. The van der Waals surface area contributed by atoms with Crippen molar-refractivity contribution in [1.29, 1.82) is 0 Å². The second kappa shape index (κ2) is 7.31. The Labute approximate surface area is 191 Å². The molecular formula is C25H29F3N4O. The molecule has 2 aromatic rings. The van der Waals surface area contributed by atoms with E-state index in [0.717, 1.165) is 31.7 Å². The van der Waals surface area contributed by atoms with Crippen LogP contribution in [0.15, 0.2) is 24.5 Å². The first-order valence-corrected chi connectivity index (χ1v) is 12.2. The molecule has 1 unspecified atom stereocenters. The Bertz CT molecular complexity index is 1080. The molecule has 1 atom stereocenters. The van der Waals surface area contributed by atoms with E-state index in [0.29, 0.717) is 24.2 Å². The number of hydrogen-bond donors (Lipinski definition) is 1. The number of amides is 1. The van der Waals surface area contributed by atoms with Crippen molar-refractivity contribution in [1.82, 2.24) is 15.3 Å². The average molecular weight is 459 g/mol. The highest BCUT2D eigenvalue weighted by atomic mass is 19.4. The Morgan fingerprint density at radius 3 is 2.36 bits per heavy atom. The van der Waals surface area contributed by atoms with Gasteiger partial charge < -0.3 is 10.2 Å². The number of carbonyl (C=O) groups is 1. The van der Waals surface area contributed by atoms with E-state index in [2.05, 4.69) is 20.2 Å². The van der Waals surface area contributed by atoms with E-state index in [9.17, 15) is 18.0 Å². The van der Waals surface area contributed by atoms with Crippen LogP contribution in [0, 0.1) is 16.7 Å². The molecule has 2 heterocycles. The van der Waals surface area contributed by atoms with Gasteiger partial charge in [-0.15, -0.1) is 0 Å². The van der Waals surface area contributed by atoms with Gasteiger partial charge in [-0.2, -0.15) is 13.2 Å². The predicted octanol–water partition coefficient (Wildman–Crippen LogP) is 5.09. The van der Waals surface area contributed by atoms with Crippen LogP contribution in [-0.4, -0.2) is 35.0 Å². The van der Waals surface area contributed by atoms with Crippen LogP contribution in [0.3, 0.4) is 0 Å². The summed E-state index contributed by atoms with van der Waals surface area (Å²) in [5.41, 5.74) is 0.388. The fraction of sp³-hybridized carbons (Fsp3) is 0.640. The lowest BCUT2D eigenvalue weighted by atomic mass is 9.58. The van der Waals surface area contributed by atoms with Gasteiger partial charge in [0.15, 0.2) is 0 Å². The van der Waals surface area contributed by atoms with Crippen LogP contribution in [0.5, 0.6) is 0 Å². The highest BCUT2D eigenvalue weighted by Gasteiger charge is 2.58. The SMILES string of the molecule is O=C(NC1CC2(CCCCC2)C1)C1CN(c2ccc(C(F)(F)F)c3nccnc23)CC12CC2. The van der Waals surface area contributed by atoms with E-state index in [-0.39, 0.29) is 34.3 Å². The molecular weight excluding hydrogens is 429 g/mol.